The Balaban J connectivity index is 2.70. The quantitative estimate of drug-likeness (QED) is 0.587. The molecule has 0 spiro atoms. The monoisotopic (exact) mass is 147 g/mol. The van der Waals surface area contributed by atoms with Crippen LogP contribution in [-0.2, 0) is 0 Å². The zero-order chi connectivity index (χ0) is 8.10. The van der Waals surface area contributed by atoms with Gasteiger partial charge in [0.25, 0.3) is 0 Å². The molecule has 0 bridgehead atoms. The average molecular weight is 147 g/mol. The lowest BCUT2D eigenvalue weighted by molar-refractivity contribution is 1.03. The summed E-state index contributed by atoms with van der Waals surface area (Å²) in [7, 11) is 1.86. The summed E-state index contributed by atoms with van der Waals surface area (Å²) in [5, 5.41) is 8.39. The van der Waals surface area contributed by atoms with Crippen molar-refractivity contribution in [2.75, 3.05) is 18.5 Å². The molecule has 0 aliphatic rings. The van der Waals surface area contributed by atoms with Crippen LogP contribution in [0.5, 0.6) is 0 Å². The Morgan fingerprint density at radius 1 is 1.73 bits per heavy atom. The molecule has 0 aliphatic carbocycles. The maximum absolute atomic E-state index is 8.39. The van der Waals surface area contributed by atoms with Gasteiger partial charge in [0, 0.05) is 13.2 Å². The van der Waals surface area contributed by atoms with Crippen molar-refractivity contribution in [2.45, 2.75) is 0 Å². The van der Waals surface area contributed by atoms with Crippen LogP contribution in [0.1, 0.15) is 0 Å². The van der Waals surface area contributed by atoms with Crippen molar-refractivity contribution in [3.63, 3.8) is 0 Å². The van der Waals surface area contributed by atoms with Gasteiger partial charge in [0.05, 0.1) is 18.0 Å². The van der Waals surface area contributed by atoms with Crippen LogP contribution in [0.2, 0.25) is 0 Å². The lowest BCUT2D eigenvalue weighted by Crippen LogP contribution is -2.16. The summed E-state index contributed by atoms with van der Waals surface area (Å²) in [6.45, 7) is 0.395. The highest BCUT2D eigenvalue weighted by Crippen LogP contribution is 2.07. The van der Waals surface area contributed by atoms with Crippen LogP contribution in [-0.4, -0.2) is 18.6 Å². The van der Waals surface area contributed by atoms with E-state index in [2.05, 4.69) is 11.1 Å². The summed E-state index contributed by atoms with van der Waals surface area (Å²) in [5.41, 5.74) is 0.967. The van der Waals surface area contributed by atoms with Crippen molar-refractivity contribution in [2.24, 2.45) is 0 Å². The molecule has 0 N–H and O–H groups in total. The van der Waals surface area contributed by atoms with E-state index >= 15 is 0 Å². The molecular formula is C8H9N3. The van der Waals surface area contributed by atoms with Gasteiger partial charge < -0.3 is 4.90 Å². The van der Waals surface area contributed by atoms with Crippen molar-refractivity contribution in [3.05, 3.63) is 24.5 Å². The second-order valence-corrected chi connectivity index (χ2v) is 2.23. The molecule has 1 aromatic rings. The van der Waals surface area contributed by atoms with Crippen molar-refractivity contribution in [3.8, 4) is 6.07 Å². The number of pyridine rings is 1. The van der Waals surface area contributed by atoms with E-state index in [4.69, 9.17) is 5.26 Å². The van der Waals surface area contributed by atoms with E-state index in [1.54, 1.807) is 12.4 Å². The summed E-state index contributed by atoms with van der Waals surface area (Å²) in [5.74, 6) is 0. The van der Waals surface area contributed by atoms with E-state index in [1.165, 1.54) is 0 Å². The van der Waals surface area contributed by atoms with Gasteiger partial charge in [-0.1, -0.05) is 0 Å². The Hall–Kier alpha value is -1.56. The van der Waals surface area contributed by atoms with Gasteiger partial charge in [-0.25, -0.2) is 0 Å². The zero-order valence-electron chi connectivity index (χ0n) is 6.36. The predicted molar refractivity (Wildman–Crippen MR) is 43.1 cm³/mol. The van der Waals surface area contributed by atoms with Crippen molar-refractivity contribution >= 4 is 5.69 Å². The Bertz CT molecular complexity index is 250. The molecule has 11 heavy (non-hydrogen) atoms. The zero-order valence-corrected chi connectivity index (χ0v) is 6.36. The number of nitrogens with zero attached hydrogens (tertiary/aromatic N) is 3. The molecule has 1 aromatic heterocycles. The van der Waals surface area contributed by atoms with Gasteiger partial charge in [-0.3, -0.25) is 4.98 Å². The molecule has 1 heterocycles. The van der Waals surface area contributed by atoms with E-state index in [1.807, 2.05) is 24.1 Å². The topological polar surface area (TPSA) is 39.9 Å². The molecule has 3 nitrogen and oxygen atoms in total. The van der Waals surface area contributed by atoms with Crippen molar-refractivity contribution in [1.82, 2.24) is 4.98 Å². The number of anilines is 1. The van der Waals surface area contributed by atoms with Crippen LogP contribution >= 0.6 is 0 Å². The van der Waals surface area contributed by atoms with Crippen molar-refractivity contribution < 1.29 is 0 Å². The molecule has 0 saturated heterocycles. The summed E-state index contributed by atoms with van der Waals surface area (Å²) in [6, 6.07) is 5.84. The first-order valence-electron chi connectivity index (χ1n) is 3.32. The minimum Gasteiger partial charge on any atom is -0.360 e. The molecular weight excluding hydrogens is 138 g/mol. The predicted octanol–water partition coefficient (Wildman–Crippen LogP) is 1.04. The van der Waals surface area contributed by atoms with Crippen LogP contribution in [0.15, 0.2) is 24.5 Å². The Labute approximate surface area is 65.9 Å². The number of nitriles is 1. The minimum atomic E-state index is 0.395. The summed E-state index contributed by atoms with van der Waals surface area (Å²) < 4.78 is 0. The fraction of sp³-hybridized carbons (Fsp3) is 0.250. The molecule has 0 amide bonds. The van der Waals surface area contributed by atoms with Crippen LogP contribution in [0.4, 0.5) is 5.69 Å². The Morgan fingerprint density at radius 3 is 3.09 bits per heavy atom. The fourth-order valence-corrected chi connectivity index (χ4v) is 0.777. The van der Waals surface area contributed by atoms with Gasteiger partial charge in [0.2, 0.25) is 0 Å². The lowest BCUT2D eigenvalue weighted by Gasteiger charge is -2.13. The molecule has 0 saturated carbocycles. The molecule has 0 atom stereocenters. The molecule has 1 rings (SSSR count). The number of rotatable bonds is 2. The van der Waals surface area contributed by atoms with Gasteiger partial charge in [-0.05, 0) is 12.1 Å². The van der Waals surface area contributed by atoms with Crippen LogP contribution in [0.25, 0.3) is 0 Å². The summed E-state index contributed by atoms with van der Waals surface area (Å²) in [4.78, 5) is 5.78. The van der Waals surface area contributed by atoms with Gasteiger partial charge in [-0.15, -0.1) is 0 Å². The molecule has 0 aliphatic heterocycles. The minimum absolute atomic E-state index is 0.395. The molecule has 0 aromatic carbocycles. The average Bonchev–Trinajstić information content (AvgIpc) is 2.07. The number of aromatic nitrogens is 1. The first kappa shape index (κ1) is 7.55. The first-order valence-corrected chi connectivity index (χ1v) is 3.32. The highest BCUT2D eigenvalue weighted by Gasteiger charge is 1.96. The third-order valence-corrected chi connectivity index (χ3v) is 1.39. The standard InChI is InChI=1S/C8H9N3/c1-11(6-4-9)8-3-2-5-10-7-8/h2-3,5,7H,6H2,1H3. The lowest BCUT2D eigenvalue weighted by atomic mass is 10.4. The fourth-order valence-electron chi connectivity index (χ4n) is 0.777. The van der Waals surface area contributed by atoms with Crippen molar-refractivity contribution in [1.29, 1.82) is 5.26 Å². The van der Waals surface area contributed by atoms with Gasteiger partial charge in [0.1, 0.15) is 6.54 Å². The normalized spacial score (nSPS) is 8.73. The van der Waals surface area contributed by atoms with E-state index in [0.717, 1.165) is 5.69 Å². The molecule has 0 unspecified atom stereocenters. The van der Waals surface area contributed by atoms with Crippen LogP contribution in [0, 0.1) is 11.3 Å². The van der Waals surface area contributed by atoms with Crippen LogP contribution in [0.3, 0.4) is 0 Å². The number of hydrogen-bond acceptors (Lipinski definition) is 3. The van der Waals surface area contributed by atoms with Gasteiger partial charge in [0.15, 0.2) is 0 Å². The number of hydrogen-bond donors (Lipinski definition) is 0. The second kappa shape index (κ2) is 3.57. The van der Waals surface area contributed by atoms with Gasteiger partial charge in [-0.2, -0.15) is 5.26 Å². The summed E-state index contributed by atoms with van der Waals surface area (Å²) in [6.07, 6.45) is 3.45. The van der Waals surface area contributed by atoms with E-state index < -0.39 is 0 Å². The van der Waals surface area contributed by atoms with Crippen LogP contribution < -0.4 is 4.90 Å². The van der Waals surface area contributed by atoms with Gasteiger partial charge >= 0.3 is 0 Å². The second-order valence-electron chi connectivity index (χ2n) is 2.23. The third-order valence-electron chi connectivity index (χ3n) is 1.39. The summed E-state index contributed by atoms with van der Waals surface area (Å²) >= 11 is 0. The molecule has 3 heteroatoms. The SMILES string of the molecule is CN(CC#N)c1cccnc1. The molecule has 0 radical (unpaired) electrons. The van der Waals surface area contributed by atoms with E-state index in [0.29, 0.717) is 6.54 Å². The molecule has 56 valence electrons. The maximum Gasteiger partial charge on any atom is 0.105 e. The highest BCUT2D eigenvalue weighted by atomic mass is 15.1. The smallest absolute Gasteiger partial charge is 0.105 e. The van der Waals surface area contributed by atoms with E-state index in [9.17, 15) is 0 Å². The largest absolute Gasteiger partial charge is 0.360 e. The molecule has 0 fully saturated rings. The highest BCUT2D eigenvalue weighted by molar-refractivity contribution is 5.43. The Kier molecular flexibility index (Phi) is 2.45. The maximum atomic E-state index is 8.39. The first-order chi connectivity index (χ1) is 5.34. The Morgan fingerprint density at radius 2 is 2.55 bits per heavy atom. The third kappa shape index (κ3) is 1.94. The van der Waals surface area contributed by atoms with E-state index in [-0.39, 0.29) is 0 Å².